The van der Waals surface area contributed by atoms with E-state index in [1.54, 1.807) is 0 Å². The maximum absolute atomic E-state index is 7.40. The zero-order chi connectivity index (χ0) is 42.8. The molecule has 0 saturated heterocycles. The minimum absolute atomic E-state index is 0.00700. The van der Waals surface area contributed by atoms with Crippen molar-refractivity contribution >= 4 is 62.7 Å². The lowest BCUT2D eigenvalue weighted by Crippen LogP contribution is -2.62. The molecule has 2 aliphatic heterocycles. The molecule has 3 aliphatic carbocycles. The van der Waals surface area contributed by atoms with Crippen molar-refractivity contribution in [3.05, 3.63) is 117 Å². The molecule has 10 rings (SSSR count). The lowest BCUT2D eigenvalue weighted by molar-refractivity contribution is 0.0327. The van der Waals surface area contributed by atoms with Crippen molar-refractivity contribution in [1.82, 2.24) is 0 Å². The van der Waals surface area contributed by atoms with E-state index in [9.17, 15) is 0 Å². The standard InChI is InChI=1S/C56H67BN2O/c1-32-24-34(3)49(35(4)25-32)59-46-27-33(2)26-45-48(46)57(51-50(59)38-28-36(52(5,6)7)16-19-47(38)60-51)43-30-41-42(56(14,15)23-22-55(41,12)13)31-44(43)58(45)37-17-18-39-40(29-37)54(10,11)21-20-53(39,8)9/h16-19,24-31,39-40H,20-23H2,1-15H3/t39?,40-/m0/s1. The Bertz CT molecular complexity index is 2700. The van der Waals surface area contributed by atoms with Gasteiger partial charge in [-0.25, -0.2) is 0 Å². The number of allylic oxidation sites excluding steroid dienone is 3. The first-order valence-electron chi connectivity index (χ1n) is 23.0. The van der Waals surface area contributed by atoms with Gasteiger partial charge in [-0.3, -0.25) is 0 Å². The quantitative estimate of drug-likeness (QED) is 0.163. The Hall–Kier alpha value is -4.44. The van der Waals surface area contributed by atoms with Gasteiger partial charge in [0.05, 0.1) is 17.0 Å². The molecule has 0 spiro atoms. The Morgan fingerprint density at radius 2 is 1.22 bits per heavy atom. The topological polar surface area (TPSA) is 19.6 Å². The Morgan fingerprint density at radius 1 is 0.633 bits per heavy atom. The van der Waals surface area contributed by atoms with Gasteiger partial charge < -0.3 is 14.2 Å². The van der Waals surface area contributed by atoms with Gasteiger partial charge in [-0.15, -0.1) is 0 Å². The molecule has 3 heterocycles. The predicted molar refractivity (Wildman–Crippen MR) is 258 cm³/mol. The number of anilines is 5. The van der Waals surface area contributed by atoms with Crippen LogP contribution in [-0.4, -0.2) is 6.71 Å². The van der Waals surface area contributed by atoms with E-state index in [1.165, 1.54) is 115 Å². The summed E-state index contributed by atoms with van der Waals surface area (Å²) < 4.78 is 7.40. The number of hydrogen-bond donors (Lipinski definition) is 0. The number of rotatable bonds is 2. The van der Waals surface area contributed by atoms with Crippen LogP contribution in [0.3, 0.4) is 0 Å². The number of benzene rings is 4. The Kier molecular flexibility index (Phi) is 8.32. The summed E-state index contributed by atoms with van der Waals surface area (Å²) in [7, 11) is 0. The van der Waals surface area contributed by atoms with Crippen molar-refractivity contribution in [1.29, 1.82) is 0 Å². The molecule has 1 fully saturated rings. The van der Waals surface area contributed by atoms with Crippen molar-refractivity contribution in [3.8, 4) is 0 Å². The largest absolute Gasteiger partial charge is 0.468 e. The van der Waals surface area contributed by atoms with Crippen LogP contribution in [0.15, 0.2) is 82.9 Å². The lowest BCUT2D eigenvalue weighted by atomic mass is 9.35. The van der Waals surface area contributed by atoms with Gasteiger partial charge in [-0.2, -0.15) is 0 Å². The van der Waals surface area contributed by atoms with E-state index in [0.29, 0.717) is 11.8 Å². The molecule has 60 heavy (non-hydrogen) atoms. The van der Waals surface area contributed by atoms with Crippen molar-refractivity contribution in [2.24, 2.45) is 22.7 Å². The Balaban J connectivity index is 1.34. The molecule has 1 aromatic heterocycles. The number of nitrogens with zero attached hydrogens (tertiary/aromatic N) is 2. The molecule has 4 aromatic carbocycles. The van der Waals surface area contributed by atoms with Crippen molar-refractivity contribution < 1.29 is 4.42 Å². The van der Waals surface area contributed by atoms with Crippen LogP contribution in [0.4, 0.5) is 28.4 Å². The Morgan fingerprint density at radius 3 is 1.85 bits per heavy atom. The first kappa shape index (κ1) is 39.7. The predicted octanol–water partition coefficient (Wildman–Crippen LogP) is 13.6. The van der Waals surface area contributed by atoms with Gasteiger partial charge >= 0.3 is 0 Å². The lowest BCUT2D eigenvalue weighted by Gasteiger charge is -2.52. The third-order valence-corrected chi connectivity index (χ3v) is 16.2. The van der Waals surface area contributed by atoms with Crippen LogP contribution in [0.2, 0.25) is 0 Å². The SMILES string of the molecule is Cc1cc(C)c(N2c3cc(C)cc4c3B(c3cc5c(cc3N4C3=C[C@H]4C(C=C3)C(C)(C)CCC4(C)C)C(C)(C)CCC5(C)C)c3oc4ccc(C(C)(C)C)cc4c32)c(C)c1. The first-order chi connectivity index (χ1) is 28.0. The average molecular weight is 795 g/mol. The molecule has 4 heteroatoms. The second-order valence-corrected chi connectivity index (χ2v) is 23.5. The van der Waals surface area contributed by atoms with E-state index in [2.05, 4.69) is 186 Å². The highest BCUT2D eigenvalue weighted by atomic mass is 16.3. The zero-order valence-electron chi connectivity index (χ0n) is 39.3. The van der Waals surface area contributed by atoms with Crippen LogP contribution in [0.1, 0.15) is 141 Å². The third-order valence-electron chi connectivity index (χ3n) is 16.2. The van der Waals surface area contributed by atoms with E-state index in [0.717, 1.165) is 11.2 Å². The van der Waals surface area contributed by atoms with Crippen LogP contribution in [0.5, 0.6) is 0 Å². The number of fused-ring (bicyclic) bond motifs is 8. The van der Waals surface area contributed by atoms with Crippen LogP contribution in [-0.2, 0) is 16.2 Å². The van der Waals surface area contributed by atoms with Gasteiger partial charge in [-0.1, -0.05) is 118 Å². The summed E-state index contributed by atoms with van der Waals surface area (Å²) in [6.45, 7) is 35.9. The molecule has 0 bridgehead atoms. The van der Waals surface area contributed by atoms with Crippen LogP contribution in [0.25, 0.3) is 11.0 Å². The molecule has 5 aliphatic rings. The van der Waals surface area contributed by atoms with Gasteiger partial charge in [0.2, 0.25) is 0 Å². The maximum atomic E-state index is 7.40. The molecular formula is C56H67BN2O. The molecule has 2 atom stereocenters. The maximum Gasteiger partial charge on any atom is 0.297 e. The summed E-state index contributed by atoms with van der Waals surface area (Å²) in [5.41, 5.74) is 22.4. The minimum atomic E-state index is -0.0678. The first-order valence-corrected chi connectivity index (χ1v) is 23.0. The van der Waals surface area contributed by atoms with E-state index in [1.807, 2.05) is 0 Å². The second-order valence-electron chi connectivity index (χ2n) is 23.5. The normalized spacial score (nSPS) is 22.8. The fourth-order valence-corrected chi connectivity index (χ4v) is 12.4. The number of hydrogen-bond acceptors (Lipinski definition) is 3. The average Bonchev–Trinajstić information content (AvgIpc) is 3.53. The summed E-state index contributed by atoms with van der Waals surface area (Å²) >= 11 is 0. The fourth-order valence-electron chi connectivity index (χ4n) is 12.4. The van der Waals surface area contributed by atoms with E-state index in [4.69, 9.17) is 4.42 Å². The van der Waals surface area contributed by atoms with Crippen LogP contribution in [0, 0.1) is 50.4 Å². The zero-order valence-corrected chi connectivity index (χ0v) is 39.3. The van der Waals surface area contributed by atoms with Crippen LogP contribution >= 0.6 is 0 Å². The van der Waals surface area contributed by atoms with Gasteiger partial charge in [0.25, 0.3) is 6.71 Å². The van der Waals surface area contributed by atoms with Gasteiger partial charge in [0, 0.05) is 28.1 Å². The van der Waals surface area contributed by atoms with Gasteiger partial charge in [0.1, 0.15) is 5.58 Å². The third kappa shape index (κ3) is 5.67. The highest BCUT2D eigenvalue weighted by Crippen LogP contribution is 2.57. The summed E-state index contributed by atoms with van der Waals surface area (Å²) in [6.07, 6.45) is 12.6. The number of aryl methyl sites for hydroxylation is 4. The molecule has 1 saturated carbocycles. The van der Waals surface area contributed by atoms with E-state index < -0.39 is 0 Å². The molecule has 1 unspecified atom stereocenters. The fraction of sp³-hybridized carbons (Fsp3) is 0.464. The molecule has 0 amide bonds. The van der Waals surface area contributed by atoms with Crippen molar-refractivity contribution in [3.63, 3.8) is 0 Å². The highest BCUT2D eigenvalue weighted by Gasteiger charge is 2.51. The van der Waals surface area contributed by atoms with Crippen LogP contribution < -0.4 is 26.4 Å². The summed E-state index contributed by atoms with van der Waals surface area (Å²) in [5.74, 6) is 0.958. The van der Waals surface area contributed by atoms with E-state index >= 15 is 0 Å². The smallest absolute Gasteiger partial charge is 0.297 e. The van der Waals surface area contributed by atoms with Gasteiger partial charge in [0.15, 0.2) is 0 Å². The Labute approximate surface area is 361 Å². The number of furan rings is 1. The monoisotopic (exact) mass is 795 g/mol. The highest BCUT2D eigenvalue weighted by molar-refractivity contribution is 7.00. The van der Waals surface area contributed by atoms with Gasteiger partial charge in [-0.05, 0) is 173 Å². The molecular weight excluding hydrogens is 727 g/mol. The summed E-state index contributed by atoms with van der Waals surface area (Å²) in [4.78, 5) is 5.31. The molecule has 0 N–H and O–H groups in total. The molecule has 3 nitrogen and oxygen atoms in total. The molecule has 310 valence electrons. The van der Waals surface area contributed by atoms with E-state index in [-0.39, 0.29) is 33.8 Å². The molecule has 5 aromatic rings. The van der Waals surface area contributed by atoms with Crippen molar-refractivity contribution in [2.75, 3.05) is 9.80 Å². The molecule has 0 radical (unpaired) electrons. The van der Waals surface area contributed by atoms with Crippen molar-refractivity contribution in [2.45, 2.75) is 146 Å². The minimum Gasteiger partial charge on any atom is -0.468 e. The second kappa shape index (κ2) is 12.6. The summed E-state index contributed by atoms with van der Waals surface area (Å²) in [6, 6.07) is 21.9. The summed E-state index contributed by atoms with van der Waals surface area (Å²) in [5, 5.41) is 1.19.